The van der Waals surface area contributed by atoms with Crippen molar-refractivity contribution in [3.63, 3.8) is 0 Å². The Morgan fingerprint density at radius 2 is 1.61 bits per heavy atom. The monoisotopic (exact) mass is 946 g/mol. The second-order valence-electron chi connectivity index (χ2n) is 20.9. The number of nitrogens with one attached hydrogen (secondary N) is 2. The lowest BCUT2D eigenvalue weighted by Gasteiger charge is -2.42. The van der Waals surface area contributed by atoms with Gasteiger partial charge in [-0.1, -0.05) is 18.2 Å². The first-order chi connectivity index (χ1) is 34.0. The quantitative estimate of drug-likeness (QED) is 0.122. The van der Waals surface area contributed by atoms with Crippen LogP contribution in [0.2, 0.25) is 0 Å². The number of piperidine rings is 3. The number of aromatic nitrogens is 5. The maximum Gasteiger partial charge on any atom is 0.330 e. The van der Waals surface area contributed by atoms with E-state index in [2.05, 4.69) is 115 Å². The van der Waals surface area contributed by atoms with E-state index in [1.807, 2.05) is 36.1 Å². The second-order valence-corrected chi connectivity index (χ2v) is 20.9. The number of carbonyl (C=O) groups is 3. The third kappa shape index (κ3) is 8.96. The van der Waals surface area contributed by atoms with Gasteiger partial charge in [0.25, 0.3) is 5.91 Å². The molecule has 2 N–H and O–H groups in total. The Balaban J connectivity index is 0.644. The number of rotatable bonds is 12. The number of amides is 3. The largest absolute Gasteiger partial charge is 0.373 e. The van der Waals surface area contributed by atoms with E-state index in [-0.39, 0.29) is 36.0 Å². The Kier molecular flexibility index (Phi) is 12.7. The molecule has 0 unspecified atom stereocenters. The summed E-state index contributed by atoms with van der Waals surface area (Å²) in [5.74, 6) is 1.37. The number of likely N-dealkylation sites (tertiary alicyclic amines) is 2. The molecule has 3 amide bonds. The first-order valence-electron chi connectivity index (χ1n) is 25.8. The van der Waals surface area contributed by atoms with Crippen molar-refractivity contribution >= 4 is 45.6 Å². The lowest BCUT2D eigenvalue weighted by Crippen LogP contribution is -2.53. The molecule has 4 aromatic heterocycles. The topological polar surface area (TPSA) is 146 Å². The minimum atomic E-state index is -0.669. The van der Waals surface area contributed by atoms with Gasteiger partial charge >= 0.3 is 5.69 Å². The van der Waals surface area contributed by atoms with E-state index in [4.69, 9.17) is 4.98 Å². The van der Waals surface area contributed by atoms with Crippen LogP contribution in [0.15, 0.2) is 83.9 Å². The van der Waals surface area contributed by atoms with Gasteiger partial charge in [-0.2, -0.15) is 0 Å². The van der Waals surface area contributed by atoms with Crippen molar-refractivity contribution in [2.75, 3.05) is 64.7 Å². The lowest BCUT2D eigenvalue weighted by molar-refractivity contribution is -0.135. The van der Waals surface area contributed by atoms with E-state index in [9.17, 15) is 19.2 Å². The Labute approximate surface area is 409 Å². The predicted molar refractivity (Wildman–Crippen MR) is 273 cm³/mol. The summed E-state index contributed by atoms with van der Waals surface area (Å²) < 4.78 is 5.76. The average molecular weight is 946 g/mol. The first-order valence-corrected chi connectivity index (χ1v) is 25.8. The summed E-state index contributed by atoms with van der Waals surface area (Å²) in [5.41, 5.74) is 9.27. The summed E-state index contributed by atoms with van der Waals surface area (Å²) in [4.78, 5) is 71.4. The number of hydrogen-bond donors (Lipinski definition) is 2. The summed E-state index contributed by atoms with van der Waals surface area (Å²) in [6.07, 6.45) is 10.5. The molecular formula is C55H67N11O4. The SMILES string of the molecule is CNc1ccc(-c2ccnc3c2cc([C@H](C)N2CCC(c4ccc(C(=O)N5CCC(CN6CCN(Cc7ccc8c(c7)n(C7CC7)c(=O)n8[C@@H]7CCC(=O)NC7=O)C[C@@H]6C)CC5)cc4)CC2)n3C)cn1. The number of anilines is 1. The summed E-state index contributed by atoms with van der Waals surface area (Å²) in [5, 5.41) is 6.69. The summed E-state index contributed by atoms with van der Waals surface area (Å²) >= 11 is 0. The van der Waals surface area contributed by atoms with E-state index < -0.39 is 11.9 Å². The molecule has 3 atom stereocenters. The zero-order chi connectivity index (χ0) is 48.2. The van der Waals surface area contributed by atoms with Crippen molar-refractivity contribution in [2.45, 2.75) is 102 Å². The number of pyridine rings is 2. The third-order valence-electron chi connectivity index (χ3n) is 16.5. The zero-order valence-corrected chi connectivity index (χ0v) is 41.1. The van der Waals surface area contributed by atoms with Crippen LogP contribution in [0.5, 0.6) is 0 Å². The van der Waals surface area contributed by atoms with Crippen molar-refractivity contribution in [1.29, 1.82) is 0 Å². The number of hydrogen-bond acceptors (Lipinski definition) is 10. The normalized spacial score (nSPS) is 22.0. The van der Waals surface area contributed by atoms with Crippen LogP contribution in [-0.4, -0.2) is 126 Å². The van der Waals surface area contributed by atoms with Gasteiger partial charge in [0.05, 0.1) is 11.0 Å². The number of aryl methyl sites for hydroxylation is 1. The van der Waals surface area contributed by atoms with E-state index in [0.717, 1.165) is 148 Å². The molecule has 5 fully saturated rings. The molecule has 15 heteroatoms. The van der Waals surface area contributed by atoms with Crippen LogP contribution in [0, 0.1) is 5.92 Å². The van der Waals surface area contributed by atoms with Gasteiger partial charge in [-0.05, 0) is 149 Å². The number of carbonyl (C=O) groups excluding carboxylic acids is 3. The predicted octanol–water partition coefficient (Wildman–Crippen LogP) is 7.11. The van der Waals surface area contributed by atoms with Gasteiger partial charge in [0, 0.05) is 119 Å². The average Bonchev–Trinajstić information content (AvgIpc) is 4.10. The van der Waals surface area contributed by atoms with Crippen LogP contribution >= 0.6 is 0 Å². The second kappa shape index (κ2) is 19.2. The van der Waals surface area contributed by atoms with Crippen LogP contribution in [0.1, 0.15) is 116 Å². The molecule has 2 aromatic carbocycles. The van der Waals surface area contributed by atoms with Crippen LogP contribution in [-0.2, 0) is 23.2 Å². The van der Waals surface area contributed by atoms with E-state index >= 15 is 0 Å². The summed E-state index contributed by atoms with van der Waals surface area (Å²) in [7, 11) is 4.01. The molecular weight excluding hydrogens is 879 g/mol. The van der Waals surface area contributed by atoms with Gasteiger partial charge in [0.2, 0.25) is 11.8 Å². The fourth-order valence-electron chi connectivity index (χ4n) is 12.2. The van der Waals surface area contributed by atoms with Crippen LogP contribution in [0.25, 0.3) is 33.2 Å². The molecule has 15 nitrogen and oxygen atoms in total. The van der Waals surface area contributed by atoms with E-state index in [1.165, 1.54) is 11.3 Å². The molecule has 366 valence electrons. The Hall–Kier alpha value is -6.16. The van der Waals surface area contributed by atoms with Crippen molar-refractivity contribution in [1.82, 2.24) is 48.6 Å². The van der Waals surface area contributed by atoms with Crippen LogP contribution in [0.3, 0.4) is 0 Å². The van der Waals surface area contributed by atoms with Crippen molar-refractivity contribution in [3.8, 4) is 11.1 Å². The van der Waals surface area contributed by atoms with Gasteiger partial charge in [0.1, 0.15) is 17.5 Å². The highest BCUT2D eigenvalue weighted by Gasteiger charge is 2.36. The molecule has 1 saturated carbocycles. The Morgan fingerprint density at radius 1 is 0.829 bits per heavy atom. The lowest BCUT2D eigenvalue weighted by atomic mass is 9.88. The van der Waals surface area contributed by atoms with Crippen molar-refractivity contribution in [3.05, 3.63) is 112 Å². The van der Waals surface area contributed by atoms with Gasteiger partial charge in [-0.15, -0.1) is 0 Å². The molecule has 1 aliphatic carbocycles. The Morgan fingerprint density at radius 3 is 2.31 bits per heavy atom. The Bertz CT molecular complexity index is 2970. The molecule has 70 heavy (non-hydrogen) atoms. The van der Waals surface area contributed by atoms with Crippen LogP contribution < -0.4 is 16.3 Å². The molecule has 5 aliphatic rings. The summed E-state index contributed by atoms with van der Waals surface area (Å²) in [6.45, 7) is 13.1. The fourth-order valence-corrected chi connectivity index (χ4v) is 12.2. The van der Waals surface area contributed by atoms with Gasteiger partial charge in [-0.3, -0.25) is 43.5 Å². The molecule has 0 radical (unpaired) electrons. The van der Waals surface area contributed by atoms with Crippen molar-refractivity contribution in [2.24, 2.45) is 13.0 Å². The van der Waals surface area contributed by atoms with Crippen molar-refractivity contribution < 1.29 is 14.4 Å². The van der Waals surface area contributed by atoms with E-state index in [1.54, 1.807) is 4.57 Å². The highest BCUT2D eigenvalue weighted by Crippen LogP contribution is 2.39. The van der Waals surface area contributed by atoms with Gasteiger partial charge < -0.3 is 14.8 Å². The zero-order valence-electron chi connectivity index (χ0n) is 41.1. The first kappa shape index (κ1) is 46.2. The van der Waals surface area contributed by atoms with Gasteiger partial charge in [0.15, 0.2) is 0 Å². The molecule has 4 aliphatic heterocycles. The minimum Gasteiger partial charge on any atom is -0.373 e. The molecule has 0 spiro atoms. The number of benzene rings is 2. The molecule has 8 heterocycles. The molecule has 4 saturated heterocycles. The maximum absolute atomic E-state index is 13.8. The summed E-state index contributed by atoms with van der Waals surface area (Å²) in [6, 6.07) is 23.4. The standard InChI is InChI=1S/C55H67N11O4/c1-35-32-61(33-38-5-13-46-49(29-38)65(43-11-12-43)55(70)66(46)47-14-16-51(67)59-53(47)68)27-28-64(35)34-37-18-23-63(24-19-37)54(69)41-8-6-39(7-9-41)40-20-25-62(26-21-40)36(2)48-30-45-44(17-22-57-52(45)60(48)4)42-10-15-50(56-3)58-31-42/h5-10,13,15,17,22,29-31,35-37,40,43,47H,11-12,14,16,18-21,23-28,32-34H2,1-4H3,(H,56,58)(H,59,67,68)/t35-,36-,47+/m0/s1. The smallest absolute Gasteiger partial charge is 0.330 e. The fraction of sp³-hybridized carbons (Fsp3) is 0.491. The number of piperazine rings is 1. The number of imide groups is 1. The van der Waals surface area contributed by atoms with Crippen LogP contribution in [0.4, 0.5) is 5.82 Å². The number of imidazole rings is 1. The minimum absolute atomic E-state index is 0.148. The molecule has 6 aromatic rings. The third-order valence-corrected chi connectivity index (χ3v) is 16.5. The highest BCUT2D eigenvalue weighted by atomic mass is 16.2. The maximum atomic E-state index is 13.8. The number of nitrogens with zero attached hydrogens (tertiary/aromatic N) is 9. The van der Waals surface area contributed by atoms with Gasteiger partial charge in [-0.25, -0.2) is 14.8 Å². The highest BCUT2D eigenvalue weighted by molar-refractivity contribution is 6.00. The van der Waals surface area contributed by atoms with E-state index in [0.29, 0.717) is 24.3 Å². The molecule has 0 bridgehead atoms. The number of fused-ring (bicyclic) bond motifs is 2. The molecule has 11 rings (SSSR count).